The maximum absolute atomic E-state index is 14.5. The second-order valence-corrected chi connectivity index (χ2v) is 11.6. The summed E-state index contributed by atoms with van der Waals surface area (Å²) >= 11 is 1.54. The van der Waals surface area contributed by atoms with E-state index in [0.717, 1.165) is 10.2 Å². The van der Waals surface area contributed by atoms with Gasteiger partial charge in [-0.1, -0.05) is 12.1 Å². The molecule has 0 unspecified atom stereocenters. The summed E-state index contributed by atoms with van der Waals surface area (Å²) in [5.74, 6) is -2.67. The Balaban J connectivity index is 1.74. The number of aryl methyl sites for hydroxylation is 3. The van der Waals surface area contributed by atoms with Crippen molar-refractivity contribution in [2.75, 3.05) is 17.3 Å². The first-order chi connectivity index (χ1) is 21.9. The molecular weight excluding hydrogens is 659 g/mol. The van der Waals surface area contributed by atoms with Crippen LogP contribution in [0.3, 0.4) is 0 Å². The molecule has 0 saturated carbocycles. The van der Waals surface area contributed by atoms with E-state index in [4.69, 9.17) is 0 Å². The summed E-state index contributed by atoms with van der Waals surface area (Å²) < 4.78 is 94.7. The number of nitrogens with one attached hydrogen (secondary N) is 2. The highest BCUT2D eigenvalue weighted by Crippen LogP contribution is 2.51. The van der Waals surface area contributed by atoms with Gasteiger partial charge in [-0.2, -0.15) is 48.0 Å². The Morgan fingerprint density at radius 1 is 0.957 bits per heavy atom. The van der Waals surface area contributed by atoms with Gasteiger partial charge in [-0.15, -0.1) is 10.2 Å². The summed E-state index contributed by atoms with van der Waals surface area (Å²) in [5.41, 5.74) is -3.93. The smallest absolute Gasteiger partial charge is 0.349 e. The number of rotatable bonds is 10. The van der Waals surface area contributed by atoms with Gasteiger partial charge in [0.2, 0.25) is 5.82 Å². The zero-order valence-electron chi connectivity index (χ0n) is 25.5. The van der Waals surface area contributed by atoms with Crippen LogP contribution in [-0.4, -0.2) is 77.2 Å². The number of nitrogens with zero attached hydrogens (tertiary/aromatic N) is 7. The van der Waals surface area contributed by atoms with Gasteiger partial charge in [-0.3, -0.25) is 9.59 Å². The molecule has 3 heterocycles. The average molecular weight is 688 g/mol. The van der Waals surface area contributed by atoms with Crippen LogP contribution in [0.25, 0.3) is 5.82 Å². The van der Waals surface area contributed by atoms with Crippen molar-refractivity contribution in [2.45, 2.75) is 58.3 Å². The number of halogens is 7. The molecule has 2 amide bonds. The first kappa shape index (κ1) is 35.3. The third kappa shape index (κ3) is 7.23. The van der Waals surface area contributed by atoms with Crippen LogP contribution in [0.15, 0.2) is 36.5 Å². The predicted octanol–water partition coefficient (Wildman–Crippen LogP) is 5.25. The Bertz CT molecular complexity index is 1770. The SMILES string of the molecule is CSC[C@H](C)NC(=O)c1cc(C)cc(C)c1NC(=O)c1cc(Cn2nnc(C(F)(C(F)(F)F)C(F)(F)F)n2)nn1-c1ncccc1C. The first-order valence-electron chi connectivity index (χ1n) is 13.7. The zero-order chi connectivity index (χ0) is 34.9. The highest BCUT2D eigenvalue weighted by Gasteiger charge is 2.76. The fourth-order valence-electron chi connectivity index (χ4n) is 4.62. The molecule has 4 rings (SSSR count). The van der Waals surface area contributed by atoms with Gasteiger partial charge >= 0.3 is 18.0 Å². The van der Waals surface area contributed by atoms with Crippen molar-refractivity contribution >= 4 is 29.3 Å². The molecule has 252 valence electrons. The maximum atomic E-state index is 14.5. The molecule has 1 atom stereocenters. The van der Waals surface area contributed by atoms with Crippen molar-refractivity contribution in [2.24, 2.45) is 0 Å². The number of pyridine rings is 1. The Morgan fingerprint density at radius 2 is 1.64 bits per heavy atom. The van der Waals surface area contributed by atoms with Crippen molar-refractivity contribution in [1.82, 2.24) is 40.3 Å². The topological polar surface area (TPSA) is 133 Å². The largest absolute Gasteiger partial charge is 0.439 e. The lowest BCUT2D eigenvalue weighted by molar-refractivity contribution is -0.351. The molecule has 0 bridgehead atoms. The molecule has 0 fully saturated rings. The molecule has 47 heavy (non-hydrogen) atoms. The summed E-state index contributed by atoms with van der Waals surface area (Å²) in [6.07, 6.45) is -9.56. The number of tetrazole rings is 1. The Hall–Kier alpha value is -4.55. The highest BCUT2D eigenvalue weighted by atomic mass is 32.2. The third-order valence-electron chi connectivity index (χ3n) is 6.78. The molecular formula is C28H28F7N9O2S. The monoisotopic (exact) mass is 687 g/mol. The predicted molar refractivity (Wildman–Crippen MR) is 157 cm³/mol. The molecule has 0 radical (unpaired) electrons. The van der Waals surface area contributed by atoms with Crippen LogP contribution in [0.4, 0.5) is 36.4 Å². The number of carbonyl (C=O) groups is 2. The fraction of sp³-hybridized carbons (Fsp3) is 0.393. The van der Waals surface area contributed by atoms with E-state index < -0.39 is 42.2 Å². The van der Waals surface area contributed by atoms with Gasteiger partial charge in [0.05, 0.1) is 16.9 Å². The zero-order valence-corrected chi connectivity index (χ0v) is 26.3. The number of hydrogen-bond donors (Lipinski definition) is 2. The normalized spacial score (nSPS) is 13.0. The Labute approximate surface area is 267 Å². The third-order valence-corrected chi connectivity index (χ3v) is 7.61. The summed E-state index contributed by atoms with van der Waals surface area (Å²) in [5, 5.41) is 18.7. The lowest BCUT2D eigenvalue weighted by Gasteiger charge is -2.26. The second kappa shape index (κ2) is 13.3. The molecule has 3 aromatic heterocycles. The van der Waals surface area contributed by atoms with Gasteiger partial charge in [0.1, 0.15) is 12.2 Å². The number of anilines is 1. The molecule has 2 N–H and O–H groups in total. The fourth-order valence-corrected chi connectivity index (χ4v) is 5.20. The van der Waals surface area contributed by atoms with E-state index in [2.05, 4.69) is 36.1 Å². The lowest BCUT2D eigenvalue weighted by Crippen LogP contribution is -2.51. The average Bonchev–Trinajstić information content (AvgIpc) is 3.60. The Kier molecular flexibility index (Phi) is 9.98. The second-order valence-electron chi connectivity index (χ2n) is 10.7. The van der Waals surface area contributed by atoms with Crippen LogP contribution in [0.2, 0.25) is 0 Å². The van der Waals surface area contributed by atoms with Crippen molar-refractivity contribution in [3.8, 4) is 5.82 Å². The first-order valence-corrected chi connectivity index (χ1v) is 15.1. The van der Waals surface area contributed by atoms with Gasteiger partial charge in [-0.25, -0.2) is 14.1 Å². The minimum atomic E-state index is -6.43. The van der Waals surface area contributed by atoms with E-state index in [1.807, 2.05) is 13.2 Å². The molecule has 11 nitrogen and oxygen atoms in total. The number of alkyl halides is 7. The van der Waals surface area contributed by atoms with Crippen LogP contribution in [-0.2, 0) is 12.2 Å². The standard InChI is InChI=1S/C28H28F7N9O2S/c1-14-9-16(3)21(19(10-14)23(45)37-17(4)13-47-5)38-24(46)20-11-18(40-44(20)22-15(2)7-6-8-36-22)12-43-41-25(39-42-43)26(29,27(30,31)32)28(33,34)35/h6-11,17H,12-13H2,1-5H3,(H,37,45)(H,38,46)/t17-/m0/s1. The van der Waals surface area contributed by atoms with E-state index in [9.17, 15) is 40.3 Å². The van der Waals surface area contributed by atoms with Gasteiger partial charge in [-0.05, 0) is 74.1 Å². The lowest BCUT2D eigenvalue weighted by atomic mass is 10.0. The molecule has 0 aliphatic heterocycles. The van der Waals surface area contributed by atoms with Crippen molar-refractivity contribution in [1.29, 1.82) is 0 Å². The van der Waals surface area contributed by atoms with Crippen LogP contribution in [0.1, 0.15) is 56.0 Å². The summed E-state index contributed by atoms with van der Waals surface area (Å²) in [7, 11) is 0. The van der Waals surface area contributed by atoms with Gasteiger partial charge < -0.3 is 10.6 Å². The van der Waals surface area contributed by atoms with E-state index >= 15 is 0 Å². The summed E-state index contributed by atoms with van der Waals surface area (Å²) in [6.45, 7) is 6.26. The quantitative estimate of drug-likeness (QED) is 0.216. The van der Waals surface area contributed by atoms with Crippen LogP contribution < -0.4 is 10.6 Å². The van der Waals surface area contributed by atoms with E-state index in [-0.39, 0.29) is 39.3 Å². The number of thioether (sulfide) groups is 1. The van der Waals surface area contributed by atoms with Crippen molar-refractivity contribution in [3.63, 3.8) is 0 Å². The molecule has 4 aromatic rings. The van der Waals surface area contributed by atoms with E-state index in [1.165, 1.54) is 12.3 Å². The number of hydrogen-bond acceptors (Lipinski definition) is 8. The van der Waals surface area contributed by atoms with Gasteiger partial charge in [0.15, 0.2) is 5.82 Å². The summed E-state index contributed by atoms with van der Waals surface area (Å²) in [6, 6.07) is 7.63. The van der Waals surface area contributed by atoms with E-state index in [0.29, 0.717) is 16.9 Å². The molecule has 0 aliphatic rings. The number of benzene rings is 1. The molecule has 0 aliphatic carbocycles. The maximum Gasteiger partial charge on any atom is 0.439 e. The Morgan fingerprint density at radius 3 is 2.26 bits per heavy atom. The van der Waals surface area contributed by atoms with Crippen LogP contribution in [0.5, 0.6) is 0 Å². The van der Waals surface area contributed by atoms with Crippen LogP contribution in [0, 0.1) is 20.8 Å². The van der Waals surface area contributed by atoms with Crippen molar-refractivity contribution in [3.05, 3.63) is 76.0 Å². The molecule has 19 heteroatoms. The molecule has 0 spiro atoms. The number of aromatic nitrogens is 7. The minimum absolute atomic E-state index is 0.128. The van der Waals surface area contributed by atoms with Crippen LogP contribution >= 0.6 is 11.8 Å². The highest BCUT2D eigenvalue weighted by molar-refractivity contribution is 7.98. The molecule has 0 saturated heterocycles. The molecule has 1 aromatic carbocycles. The van der Waals surface area contributed by atoms with Gasteiger partial charge in [0.25, 0.3) is 11.8 Å². The van der Waals surface area contributed by atoms with Gasteiger partial charge in [0, 0.05) is 18.0 Å². The minimum Gasteiger partial charge on any atom is -0.349 e. The van der Waals surface area contributed by atoms with E-state index in [1.54, 1.807) is 56.8 Å². The summed E-state index contributed by atoms with van der Waals surface area (Å²) in [4.78, 5) is 31.5. The number of carbonyl (C=O) groups excluding carboxylic acids is 2. The number of amides is 2. The van der Waals surface area contributed by atoms with Crippen molar-refractivity contribution < 1.29 is 40.3 Å².